The van der Waals surface area contributed by atoms with E-state index in [1.807, 2.05) is 12.1 Å². The van der Waals surface area contributed by atoms with Gasteiger partial charge in [-0.3, -0.25) is 0 Å². The van der Waals surface area contributed by atoms with E-state index >= 15 is 0 Å². The van der Waals surface area contributed by atoms with Crippen molar-refractivity contribution in [1.82, 2.24) is 0 Å². The minimum absolute atomic E-state index is 0.274. The van der Waals surface area contributed by atoms with Gasteiger partial charge in [-0.05, 0) is 53.0 Å². The molecule has 1 aliphatic heterocycles. The van der Waals surface area contributed by atoms with E-state index < -0.39 is 0 Å². The molecular formula is C12H13Br2NO. The Balaban J connectivity index is 1.93. The number of nitrogens with one attached hydrogen (secondary N) is 1. The molecule has 4 heteroatoms. The SMILES string of the molecule is Brc1ccc(Br)c(NCC2CCC=CO2)c1. The summed E-state index contributed by atoms with van der Waals surface area (Å²) in [5.41, 5.74) is 1.09. The topological polar surface area (TPSA) is 21.3 Å². The summed E-state index contributed by atoms with van der Waals surface area (Å²) in [6.45, 7) is 0.833. The van der Waals surface area contributed by atoms with E-state index in [2.05, 4.69) is 49.3 Å². The molecule has 0 amide bonds. The zero-order valence-corrected chi connectivity index (χ0v) is 11.9. The monoisotopic (exact) mass is 345 g/mol. The molecule has 1 aromatic rings. The molecule has 1 heterocycles. The van der Waals surface area contributed by atoms with Crippen molar-refractivity contribution in [2.24, 2.45) is 0 Å². The van der Waals surface area contributed by atoms with Crippen molar-refractivity contribution in [3.63, 3.8) is 0 Å². The van der Waals surface area contributed by atoms with Crippen LogP contribution in [0.4, 0.5) is 5.69 Å². The van der Waals surface area contributed by atoms with Gasteiger partial charge in [0.05, 0.1) is 12.8 Å². The van der Waals surface area contributed by atoms with Crippen LogP contribution in [0.2, 0.25) is 0 Å². The number of allylic oxidation sites excluding steroid dienone is 1. The lowest BCUT2D eigenvalue weighted by molar-refractivity contribution is 0.135. The highest BCUT2D eigenvalue weighted by molar-refractivity contribution is 9.11. The van der Waals surface area contributed by atoms with Gasteiger partial charge in [0.1, 0.15) is 6.10 Å². The largest absolute Gasteiger partial charge is 0.497 e. The maximum absolute atomic E-state index is 5.50. The molecule has 0 aromatic heterocycles. The Morgan fingerprint density at radius 3 is 3.00 bits per heavy atom. The fraction of sp³-hybridized carbons (Fsp3) is 0.333. The molecule has 0 fully saturated rings. The Morgan fingerprint density at radius 1 is 1.38 bits per heavy atom. The Morgan fingerprint density at radius 2 is 2.25 bits per heavy atom. The van der Waals surface area contributed by atoms with Crippen LogP contribution in [0.5, 0.6) is 0 Å². The fourth-order valence-electron chi connectivity index (χ4n) is 1.59. The molecule has 1 atom stereocenters. The first-order chi connectivity index (χ1) is 7.75. The third-order valence-electron chi connectivity index (χ3n) is 2.47. The Labute approximate surface area is 112 Å². The van der Waals surface area contributed by atoms with E-state index in [-0.39, 0.29) is 6.10 Å². The molecular weight excluding hydrogens is 334 g/mol. The summed E-state index contributed by atoms with van der Waals surface area (Å²) in [6.07, 6.45) is 6.31. The van der Waals surface area contributed by atoms with Gasteiger partial charge >= 0.3 is 0 Å². The summed E-state index contributed by atoms with van der Waals surface area (Å²) in [5.74, 6) is 0. The average Bonchev–Trinajstić information content (AvgIpc) is 2.32. The zero-order valence-electron chi connectivity index (χ0n) is 8.75. The van der Waals surface area contributed by atoms with Crippen molar-refractivity contribution in [3.8, 4) is 0 Å². The highest BCUT2D eigenvalue weighted by Gasteiger charge is 2.11. The van der Waals surface area contributed by atoms with Crippen LogP contribution in [0, 0.1) is 0 Å². The van der Waals surface area contributed by atoms with Crippen molar-refractivity contribution >= 4 is 37.5 Å². The zero-order chi connectivity index (χ0) is 11.4. The number of benzene rings is 1. The molecule has 2 rings (SSSR count). The van der Waals surface area contributed by atoms with E-state index in [1.54, 1.807) is 6.26 Å². The van der Waals surface area contributed by atoms with E-state index in [9.17, 15) is 0 Å². The number of halogens is 2. The number of ether oxygens (including phenoxy) is 1. The van der Waals surface area contributed by atoms with E-state index in [0.29, 0.717) is 0 Å². The molecule has 1 aromatic carbocycles. The summed E-state index contributed by atoms with van der Waals surface area (Å²) >= 11 is 6.98. The molecule has 86 valence electrons. The van der Waals surface area contributed by atoms with Crippen LogP contribution in [-0.4, -0.2) is 12.6 Å². The van der Waals surface area contributed by atoms with Gasteiger partial charge < -0.3 is 10.1 Å². The molecule has 2 nitrogen and oxygen atoms in total. The molecule has 0 radical (unpaired) electrons. The molecule has 1 aliphatic rings. The molecule has 1 N–H and O–H groups in total. The lowest BCUT2D eigenvalue weighted by atomic mass is 10.1. The summed E-state index contributed by atoms with van der Waals surface area (Å²) in [5, 5.41) is 3.39. The maximum atomic E-state index is 5.50. The molecule has 16 heavy (non-hydrogen) atoms. The van der Waals surface area contributed by atoms with E-state index in [4.69, 9.17) is 4.74 Å². The van der Waals surface area contributed by atoms with Gasteiger partial charge in [-0.25, -0.2) is 0 Å². The van der Waals surface area contributed by atoms with Crippen molar-refractivity contribution in [1.29, 1.82) is 0 Å². The molecule has 1 unspecified atom stereocenters. The fourth-order valence-corrected chi connectivity index (χ4v) is 2.34. The third kappa shape index (κ3) is 3.25. The Hall–Kier alpha value is -0.480. The predicted molar refractivity (Wildman–Crippen MR) is 73.6 cm³/mol. The van der Waals surface area contributed by atoms with Gasteiger partial charge in [-0.15, -0.1) is 0 Å². The summed E-state index contributed by atoms with van der Waals surface area (Å²) < 4.78 is 7.64. The van der Waals surface area contributed by atoms with Crippen molar-refractivity contribution in [2.75, 3.05) is 11.9 Å². The summed E-state index contributed by atoms with van der Waals surface area (Å²) in [4.78, 5) is 0. The van der Waals surface area contributed by atoms with Gasteiger partial charge in [-0.1, -0.05) is 15.9 Å². The molecule has 0 bridgehead atoms. The second kappa shape index (κ2) is 5.73. The van der Waals surface area contributed by atoms with Crippen LogP contribution in [0.1, 0.15) is 12.8 Å². The Bertz CT molecular complexity index is 393. The lowest BCUT2D eigenvalue weighted by Crippen LogP contribution is -2.23. The maximum Gasteiger partial charge on any atom is 0.115 e. The molecule has 0 aliphatic carbocycles. The summed E-state index contributed by atoms with van der Waals surface area (Å²) in [6, 6.07) is 6.09. The van der Waals surface area contributed by atoms with Gasteiger partial charge in [0.25, 0.3) is 0 Å². The van der Waals surface area contributed by atoms with Crippen molar-refractivity contribution < 1.29 is 4.74 Å². The second-order valence-electron chi connectivity index (χ2n) is 3.71. The van der Waals surface area contributed by atoms with Crippen LogP contribution in [0.15, 0.2) is 39.5 Å². The van der Waals surface area contributed by atoms with Crippen molar-refractivity contribution in [3.05, 3.63) is 39.5 Å². The van der Waals surface area contributed by atoms with Crippen LogP contribution >= 0.6 is 31.9 Å². The van der Waals surface area contributed by atoms with Crippen LogP contribution in [-0.2, 0) is 4.74 Å². The highest BCUT2D eigenvalue weighted by Crippen LogP contribution is 2.26. The van der Waals surface area contributed by atoms with Gasteiger partial charge in [-0.2, -0.15) is 0 Å². The number of anilines is 1. The normalized spacial score (nSPS) is 19.2. The molecule has 0 saturated heterocycles. The molecule has 0 saturated carbocycles. The van der Waals surface area contributed by atoms with Gasteiger partial charge in [0.2, 0.25) is 0 Å². The first-order valence-electron chi connectivity index (χ1n) is 5.25. The Kier molecular flexibility index (Phi) is 4.29. The van der Waals surface area contributed by atoms with Crippen LogP contribution in [0.3, 0.4) is 0 Å². The smallest absolute Gasteiger partial charge is 0.115 e. The first-order valence-corrected chi connectivity index (χ1v) is 6.84. The van der Waals surface area contributed by atoms with E-state index in [0.717, 1.165) is 34.0 Å². The van der Waals surface area contributed by atoms with Gasteiger partial charge in [0, 0.05) is 14.6 Å². The number of hydrogen-bond acceptors (Lipinski definition) is 2. The number of rotatable bonds is 3. The van der Waals surface area contributed by atoms with Crippen LogP contribution < -0.4 is 5.32 Å². The minimum Gasteiger partial charge on any atom is -0.497 e. The van der Waals surface area contributed by atoms with Crippen molar-refractivity contribution in [2.45, 2.75) is 18.9 Å². The van der Waals surface area contributed by atoms with Gasteiger partial charge in [0.15, 0.2) is 0 Å². The lowest BCUT2D eigenvalue weighted by Gasteiger charge is -2.20. The highest BCUT2D eigenvalue weighted by atomic mass is 79.9. The molecule has 0 spiro atoms. The predicted octanol–water partition coefficient (Wildman–Crippen LogP) is 4.32. The van der Waals surface area contributed by atoms with Crippen LogP contribution in [0.25, 0.3) is 0 Å². The minimum atomic E-state index is 0.274. The first kappa shape index (κ1) is 12.0. The number of hydrogen-bond donors (Lipinski definition) is 1. The second-order valence-corrected chi connectivity index (χ2v) is 5.48. The quantitative estimate of drug-likeness (QED) is 0.880. The third-order valence-corrected chi connectivity index (χ3v) is 3.66. The average molecular weight is 347 g/mol. The standard InChI is InChI=1S/C12H13Br2NO/c13-9-4-5-11(14)12(7-9)15-8-10-3-1-2-6-16-10/h2,4-7,10,15H,1,3,8H2. The summed E-state index contributed by atoms with van der Waals surface area (Å²) in [7, 11) is 0. The van der Waals surface area contributed by atoms with E-state index in [1.165, 1.54) is 0 Å².